The molecule has 0 saturated carbocycles. The minimum atomic E-state index is -4.94. The van der Waals surface area contributed by atoms with Crippen LogP contribution in [0.1, 0.15) is 87.8 Å². The van der Waals surface area contributed by atoms with E-state index < -0.39 is 41.5 Å². The van der Waals surface area contributed by atoms with Crippen molar-refractivity contribution in [2.24, 2.45) is 5.92 Å². The number of ether oxygens (including phenoxy) is 2. The Labute approximate surface area is 276 Å². The van der Waals surface area contributed by atoms with Crippen molar-refractivity contribution in [2.75, 3.05) is 12.3 Å². The van der Waals surface area contributed by atoms with Gasteiger partial charge >= 0.3 is 18.3 Å². The van der Waals surface area contributed by atoms with Crippen LogP contribution < -0.4 is 10.5 Å². The molecule has 1 atom stereocenters. The lowest BCUT2D eigenvalue weighted by molar-refractivity contribution is -0.149. The van der Waals surface area contributed by atoms with Crippen LogP contribution in [-0.4, -0.2) is 18.4 Å². The van der Waals surface area contributed by atoms with Crippen molar-refractivity contribution in [3.8, 4) is 16.9 Å². The maximum absolute atomic E-state index is 12.8. The minimum absolute atomic E-state index is 0.0364. The van der Waals surface area contributed by atoms with Crippen LogP contribution in [0.5, 0.6) is 5.75 Å². The first kappa shape index (κ1) is 39.4. The van der Waals surface area contributed by atoms with Crippen molar-refractivity contribution in [3.63, 3.8) is 0 Å². The molecule has 0 fully saturated rings. The predicted molar refractivity (Wildman–Crippen MR) is 171 cm³/mol. The van der Waals surface area contributed by atoms with Crippen LogP contribution in [0.15, 0.2) is 48.5 Å². The zero-order valence-electron chi connectivity index (χ0n) is 27.2. The average molecular weight is 688 g/mol. The molecule has 0 aliphatic heterocycles. The van der Waals surface area contributed by atoms with Crippen molar-refractivity contribution in [1.29, 1.82) is 0 Å². The van der Waals surface area contributed by atoms with Crippen LogP contribution in [0.3, 0.4) is 0 Å². The maximum atomic E-state index is 12.8. The number of halogens is 7. The van der Waals surface area contributed by atoms with Crippen LogP contribution >= 0.6 is 11.6 Å². The first-order valence-electron chi connectivity index (χ1n) is 15.1. The molecule has 3 aromatic rings. The molecule has 0 radical (unpaired) electrons. The standard InChI is InChI=1S/C21H26ClNO2.C14H14F6O2/c1-4-15-11-14(3)8-9-17(15)18-12-21(19(22)13-20(18)23)25-10-6-7-16(24)5-2;1-7(2)12(22-8(3)21)9-4-10(13(15,16)17)6-11(5-9)14(18,19)20/h8-9,11-13H,4-7,10,23H2,1-3H3;4-7,12H,1-3H3. The molecule has 0 spiro atoms. The first-order valence-corrected chi connectivity index (χ1v) is 15.5. The number of benzene rings is 3. The number of aryl methyl sites for hydroxylation is 2. The summed E-state index contributed by atoms with van der Waals surface area (Å²) in [5.74, 6) is -0.421. The summed E-state index contributed by atoms with van der Waals surface area (Å²) in [6.07, 6.45) is -8.35. The molecule has 0 saturated heterocycles. The van der Waals surface area contributed by atoms with Crippen LogP contribution in [0, 0.1) is 12.8 Å². The lowest BCUT2D eigenvalue weighted by Crippen LogP contribution is -2.18. The zero-order valence-corrected chi connectivity index (χ0v) is 27.9. The Bertz CT molecular complexity index is 1500. The van der Waals surface area contributed by atoms with Crippen molar-refractivity contribution in [3.05, 3.63) is 81.4 Å². The second kappa shape index (κ2) is 16.9. The molecule has 1 unspecified atom stereocenters. The number of Topliss-reactive ketones (excluding diaryl/α,β-unsaturated/α-hetero) is 1. The molecule has 12 heteroatoms. The molecular weight excluding hydrogens is 648 g/mol. The number of rotatable bonds is 11. The van der Waals surface area contributed by atoms with E-state index in [1.54, 1.807) is 6.07 Å². The molecular formula is C35H40ClF6NO4. The van der Waals surface area contributed by atoms with Gasteiger partial charge in [-0.3, -0.25) is 9.59 Å². The fourth-order valence-corrected chi connectivity index (χ4v) is 4.96. The summed E-state index contributed by atoms with van der Waals surface area (Å²) in [5, 5.41) is 0.494. The molecule has 3 rings (SSSR count). The molecule has 2 N–H and O–H groups in total. The predicted octanol–water partition coefficient (Wildman–Crippen LogP) is 10.6. The third-order valence-corrected chi connectivity index (χ3v) is 7.42. The van der Waals surface area contributed by atoms with E-state index in [9.17, 15) is 35.9 Å². The van der Waals surface area contributed by atoms with Crippen LogP contribution in [0.2, 0.25) is 5.02 Å². The highest BCUT2D eigenvalue weighted by molar-refractivity contribution is 6.32. The first-order chi connectivity index (χ1) is 21.8. The summed E-state index contributed by atoms with van der Waals surface area (Å²) in [6, 6.07) is 11.2. The number of hydrogen-bond acceptors (Lipinski definition) is 5. The van der Waals surface area contributed by atoms with Gasteiger partial charge in [0, 0.05) is 31.0 Å². The summed E-state index contributed by atoms with van der Waals surface area (Å²) in [6.45, 7) is 10.6. The van der Waals surface area contributed by atoms with Gasteiger partial charge in [0.15, 0.2) is 0 Å². The van der Waals surface area contributed by atoms with E-state index in [1.807, 2.05) is 13.0 Å². The Kier molecular flexibility index (Phi) is 14.2. The van der Waals surface area contributed by atoms with E-state index in [2.05, 4.69) is 32.0 Å². The number of esters is 1. The van der Waals surface area contributed by atoms with Crippen LogP contribution in [0.25, 0.3) is 11.1 Å². The number of carbonyl (C=O) groups is 2. The Morgan fingerprint density at radius 1 is 0.894 bits per heavy atom. The van der Waals surface area contributed by atoms with E-state index in [0.29, 0.717) is 54.5 Å². The molecule has 0 amide bonds. The van der Waals surface area contributed by atoms with E-state index in [4.69, 9.17) is 26.8 Å². The summed E-state index contributed by atoms with van der Waals surface area (Å²) in [5.41, 5.74) is 8.14. The fourth-order valence-electron chi connectivity index (χ4n) is 4.73. The number of alkyl halides is 6. The van der Waals surface area contributed by atoms with Gasteiger partial charge in [0.1, 0.15) is 17.6 Å². The van der Waals surface area contributed by atoms with Gasteiger partial charge in [-0.05, 0) is 72.7 Å². The monoisotopic (exact) mass is 687 g/mol. The van der Waals surface area contributed by atoms with Crippen molar-refractivity contribution in [2.45, 2.75) is 85.7 Å². The van der Waals surface area contributed by atoms with Crippen LogP contribution in [0.4, 0.5) is 32.0 Å². The molecule has 0 aromatic heterocycles. The molecule has 3 aromatic carbocycles. The molecule has 0 aliphatic carbocycles. The smallest absolute Gasteiger partial charge is 0.416 e. The number of ketones is 1. The third-order valence-electron chi connectivity index (χ3n) is 7.12. The molecule has 5 nitrogen and oxygen atoms in total. The number of nitrogens with two attached hydrogens (primary N) is 1. The van der Waals surface area contributed by atoms with E-state index in [-0.39, 0.29) is 17.4 Å². The van der Waals surface area contributed by atoms with Crippen molar-refractivity contribution < 1.29 is 45.4 Å². The van der Waals surface area contributed by atoms with Gasteiger partial charge < -0.3 is 15.2 Å². The highest BCUT2D eigenvalue weighted by Gasteiger charge is 2.38. The van der Waals surface area contributed by atoms with E-state index in [0.717, 1.165) is 24.5 Å². The Balaban J connectivity index is 0.000000330. The normalized spacial score (nSPS) is 12.3. The van der Waals surface area contributed by atoms with Gasteiger partial charge in [-0.1, -0.05) is 63.1 Å². The van der Waals surface area contributed by atoms with E-state index >= 15 is 0 Å². The Morgan fingerprint density at radius 2 is 1.49 bits per heavy atom. The largest absolute Gasteiger partial charge is 0.492 e. The summed E-state index contributed by atoms with van der Waals surface area (Å²) in [7, 11) is 0. The SMILES string of the molecule is CC(=O)OC(c1cc(C(F)(F)F)cc(C(F)(F)F)c1)C(C)C.CCC(=O)CCCOc1cc(-c2ccc(C)cc2CC)c(N)cc1Cl. The number of carbonyl (C=O) groups excluding carboxylic acids is 2. The second-order valence-corrected chi connectivity index (χ2v) is 11.7. The maximum Gasteiger partial charge on any atom is 0.416 e. The number of hydrogen-bond donors (Lipinski definition) is 1. The van der Waals surface area contributed by atoms with Gasteiger partial charge in [-0.25, -0.2) is 0 Å². The lowest BCUT2D eigenvalue weighted by atomic mass is 9.94. The second-order valence-electron chi connectivity index (χ2n) is 11.3. The highest BCUT2D eigenvalue weighted by Crippen LogP contribution is 2.40. The lowest BCUT2D eigenvalue weighted by Gasteiger charge is -2.23. The van der Waals surface area contributed by atoms with Gasteiger partial charge in [-0.2, -0.15) is 26.3 Å². The van der Waals surface area contributed by atoms with Crippen molar-refractivity contribution in [1.82, 2.24) is 0 Å². The molecule has 47 heavy (non-hydrogen) atoms. The zero-order chi connectivity index (χ0) is 35.7. The minimum Gasteiger partial charge on any atom is -0.492 e. The van der Waals surface area contributed by atoms with Gasteiger partial charge in [-0.15, -0.1) is 0 Å². The Hall–Kier alpha value is -3.73. The topological polar surface area (TPSA) is 78.6 Å². The quantitative estimate of drug-likeness (QED) is 0.0939. The third kappa shape index (κ3) is 11.8. The van der Waals surface area contributed by atoms with E-state index in [1.165, 1.54) is 25.0 Å². The molecule has 0 heterocycles. The van der Waals surface area contributed by atoms with Crippen molar-refractivity contribution >= 4 is 29.0 Å². The number of anilines is 1. The Morgan fingerprint density at radius 3 is 1.98 bits per heavy atom. The van der Waals surface area contributed by atoms with Gasteiger partial charge in [0.25, 0.3) is 0 Å². The molecule has 0 bridgehead atoms. The average Bonchev–Trinajstić information content (AvgIpc) is 2.98. The summed E-state index contributed by atoms with van der Waals surface area (Å²) in [4.78, 5) is 22.4. The molecule has 0 aliphatic rings. The number of nitrogen functional groups attached to an aromatic ring is 1. The van der Waals surface area contributed by atoms with Gasteiger partial charge in [0.2, 0.25) is 0 Å². The summed E-state index contributed by atoms with van der Waals surface area (Å²) < 4.78 is 87.4. The van der Waals surface area contributed by atoms with Crippen LogP contribution in [-0.2, 0) is 33.1 Å². The highest BCUT2D eigenvalue weighted by atomic mass is 35.5. The van der Waals surface area contributed by atoms with Gasteiger partial charge in [0.05, 0.1) is 22.8 Å². The summed E-state index contributed by atoms with van der Waals surface area (Å²) >= 11 is 6.28. The molecule has 258 valence electrons. The fraction of sp³-hybridized carbons (Fsp3) is 0.429.